The van der Waals surface area contributed by atoms with Gasteiger partial charge in [0.25, 0.3) is 0 Å². The maximum Gasteiger partial charge on any atom is 0.225 e. The fourth-order valence-corrected chi connectivity index (χ4v) is 3.91. The predicted molar refractivity (Wildman–Crippen MR) is 121 cm³/mol. The summed E-state index contributed by atoms with van der Waals surface area (Å²) in [6.45, 7) is 2.62. The molecule has 1 saturated heterocycles. The summed E-state index contributed by atoms with van der Waals surface area (Å²) in [5.41, 5.74) is 1.27. The van der Waals surface area contributed by atoms with Crippen molar-refractivity contribution in [2.75, 3.05) is 44.8 Å². The summed E-state index contributed by atoms with van der Waals surface area (Å²) in [5.74, 6) is -0.795. The van der Waals surface area contributed by atoms with E-state index < -0.39 is 11.6 Å². The van der Waals surface area contributed by atoms with Gasteiger partial charge in [0.05, 0.1) is 29.9 Å². The fraction of sp³-hybridized carbons (Fsp3) is 0.304. The lowest BCUT2D eigenvalue weighted by atomic mass is 10.0. The van der Waals surface area contributed by atoms with Gasteiger partial charge in [0, 0.05) is 62.9 Å². The van der Waals surface area contributed by atoms with E-state index in [1.807, 2.05) is 4.90 Å². The van der Waals surface area contributed by atoms with Crippen LogP contribution in [-0.2, 0) is 9.53 Å². The minimum atomic E-state index is -0.744. The van der Waals surface area contributed by atoms with Crippen LogP contribution in [0.1, 0.15) is 6.42 Å². The van der Waals surface area contributed by atoms with Crippen molar-refractivity contribution in [3.63, 3.8) is 0 Å². The molecule has 0 spiro atoms. The molecule has 1 aliphatic heterocycles. The van der Waals surface area contributed by atoms with Crippen LogP contribution in [0, 0.1) is 11.6 Å². The topological polar surface area (TPSA) is 71.5 Å². The minimum Gasteiger partial charge on any atom is -0.384 e. The van der Waals surface area contributed by atoms with Crippen molar-refractivity contribution >= 4 is 23.3 Å². The number of rotatable bonds is 6. The van der Waals surface area contributed by atoms with Gasteiger partial charge in [-0.15, -0.1) is 0 Å². The second kappa shape index (κ2) is 10.2. The number of ether oxygens (including phenoxy) is 1. The second-order valence-electron chi connectivity index (χ2n) is 7.52. The molecule has 3 heterocycles. The summed E-state index contributed by atoms with van der Waals surface area (Å²) in [6.07, 6.45) is 4.93. The molecular weight excluding hydrogens is 452 g/mol. The van der Waals surface area contributed by atoms with Crippen molar-refractivity contribution < 1.29 is 18.3 Å². The number of amides is 1. The molecule has 1 aromatic carbocycles. The number of hydrogen-bond acceptors (Lipinski definition) is 6. The SMILES string of the molecule is COCCC(=O)N1CCN(c2cnc(-c3ccc(F)cc3F)c(-c3ccncc3Cl)n2)CC1. The number of carbonyl (C=O) groups is 1. The van der Waals surface area contributed by atoms with Gasteiger partial charge in [-0.3, -0.25) is 9.78 Å². The molecule has 0 atom stereocenters. The molecule has 4 rings (SSSR count). The molecule has 172 valence electrons. The van der Waals surface area contributed by atoms with Gasteiger partial charge in [-0.1, -0.05) is 11.6 Å². The van der Waals surface area contributed by atoms with Gasteiger partial charge in [0.2, 0.25) is 5.91 Å². The third-order valence-corrected chi connectivity index (χ3v) is 5.75. The molecule has 0 bridgehead atoms. The number of benzene rings is 1. The molecule has 1 amide bonds. The highest BCUT2D eigenvalue weighted by Crippen LogP contribution is 2.35. The summed E-state index contributed by atoms with van der Waals surface area (Å²) < 4.78 is 33.0. The third kappa shape index (κ3) is 5.09. The Morgan fingerprint density at radius 2 is 1.88 bits per heavy atom. The first-order chi connectivity index (χ1) is 16.0. The molecule has 1 fully saturated rings. The second-order valence-corrected chi connectivity index (χ2v) is 7.92. The van der Waals surface area contributed by atoms with Crippen molar-refractivity contribution in [1.82, 2.24) is 19.9 Å². The van der Waals surface area contributed by atoms with Gasteiger partial charge >= 0.3 is 0 Å². The molecule has 7 nitrogen and oxygen atoms in total. The van der Waals surface area contributed by atoms with E-state index in [-0.39, 0.29) is 17.2 Å². The standard InChI is InChI=1S/C23H22ClF2N5O2/c1-33-11-5-21(32)31-9-7-30(8-10-31)20-14-28-22(17-3-2-15(25)12-19(17)26)23(29-20)16-4-6-27-13-18(16)24/h2-4,6,12-14H,5,7-11H2,1H3. The van der Waals surface area contributed by atoms with Gasteiger partial charge in [0.15, 0.2) is 0 Å². The number of halogens is 3. The Balaban J connectivity index is 1.66. The fourth-order valence-electron chi connectivity index (χ4n) is 3.70. The highest BCUT2D eigenvalue weighted by molar-refractivity contribution is 6.33. The van der Waals surface area contributed by atoms with Crippen molar-refractivity contribution in [2.45, 2.75) is 6.42 Å². The van der Waals surface area contributed by atoms with Crippen LogP contribution in [0.25, 0.3) is 22.5 Å². The van der Waals surface area contributed by atoms with Gasteiger partial charge in [-0.05, 0) is 18.2 Å². The van der Waals surface area contributed by atoms with Crippen LogP contribution in [-0.4, -0.2) is 65.7 Å². The van der Waals surface area contributed by atoms with Crippen LogP contribution in [0.3, 0.4) is 0 Å². The first-order valence-corrected chi connectivity index (χ1v) is 10.8. The lowest BCUT2D eigenvalue weighted by Crippen LogP contribution is -2.49. The average Bonchev–Trinajstić information content (AvgIpc) is 2.83. The van der Waals surface area contributed by atoms with Crippen LogP contribution in [0.5, 0.6) is 0 Å². The maximum atomic E-state index is 14.6. The molecule has 0 saturated carbocycles. The number of hydrogen-bond donors (Lipinski definition) is 0. The van der Waals surface area contributed by atoms with Gasteiger partial charge < -0.3 is 14.5 Å². The van der Waals surface area contributed by atoms with Crippen molar-refractivity contribution in [3.8, 4) is 22.5 Å². The number of nitrogens with zero attached hydrogens (tertiary/aromatic N) is 5. The minimum absolute atomic E-state index is 0.0500. The van der Waals surface area contributed by atoms with E-state index in [1.54, 1.807) is 30.5 Å². The predicted octanol–water partition coefficient (Wildman–Crippen LogP) is 3.82. The molecule has 33 heavy (non-hydrogen) atoms. The van der Waals surface area contributed by atoms with Crippen molar-refractivity contribution in [1.29, 1.82) is 0 Å². The lowest BCUT2D eigenvalue weighted by molar-refractivity contribution is -0.132. The molecular formula is C23H22ClF2N5O2. The average molecular weight is 474 g/mol. The molecule has 0 aliphatic carbocycles. The van der Waals surface area contributed by atoms with Crippen LogP contribution >= 0.6 is 11.6 Å². The molecule has 0 radical (unpaired) electrons. The Bertz CT molecular complexity index is 1160. The van der Waals surface area contributed by atoms with E-state index in [9.17, 15) is 13.6 Å². The summed E-state index contributed by atoms with van der Waals surface area (Å²) in [6, 6.07) is 4.99. The first kappa shape index (κ1) is 23.0. The molecule has 3 aromatic rings. The molecule has 0 N–H and O–H groups in total. The zero-order chi connectivity index (χ0) is 23.4. The maximum absolute atomic E-state index is 14.6. The third-order valence-electron chi connectivity index (χ3n) is 5.45. The number of methoxy groups -OCH3 is 1. The zero-order valence-corrected chi connectivity index (χ0v) is 18.7. The summed E-state index contributed by atoms with van der Waals surface area (Å²) >= 11 is 6.36. The van der Waals surface area contributed by atoms with E-state index in [2.05, 4.69) is 9.97 Å². The molecule has 0 unspecified atom stereocenters. The van der Waals surface area contributed by atoms with Crippen LogP contribution in [0.15, 0.2) is 42.9 Å². The Morgan fingerprint density at radius 3 is 2.58 bits per heavy atom. The van der Waals surface area contributed by atoms with Gasteiger partial charge in [-0.2, -0.15) is 0 Å². The zero-order valence-electron chi connectivity index (χ0n) is 18.0. The Hall–Kier alpha value is -3.17. The summed E-state index contributed by atoms with van der Waals surface area (Å²) in [5, 5.41) is 0.335. The molecule has 10 heteroatoms. The monoisotopic (exact) mass is 473 g/mol. The quantitative estimate of drug-likeness (QED) is 0.542. The van der Waals surface area contributed by atoms with E-state index in [1.165, 1.54) is 18.3 Å². The van der Waals surface area contributed by atoms with Gasteiger partial charge in [0.1, 0.15) is 23.1 Å². The number of anilines is 1. The highest BCUT2D eigenvalue weighted by atomic mass is 35.5. The van der Waals surface area contributed by atoms with E-state index >= 15 is 0 Å². The van der Waals surface area contributed by atoms with E-state index in [4.69, 9.17) is 21.3 Å². The summed E-state index contributed by atoms with van der Waals surface area (Å²) in [7, 11) is 1.57. The van der Waals surface area contributed by atoms with Crippen LogP contribution in [0.4, 0.5) is 14.6 Å². The number of pyridine rings is 1. The van der Waals surface area contributed by atoms with Crippen molar-refractivity contribution in [3.05, 3.63) is 59.5 Å². The summed E-state index contributed by atoms with van der Waals surface area (Å²) in [4.78, 5) is 29.3. The first-order valence-electron chi connectivity index (χ1n) is 10.4. The Morgan fingerprint density at radius 1 is 1.09 bits per heavy atom. The number of piperazine rings is 1. The highest BCUT2D eigenvalue weighted by Gasteiger charge is 2.24. The van der Waals surface area contributed by atoms with Crippen LogP contribution in [0.2, 0.25) is 5.02 Å². The van der Waals surface area contributed by atoms with Crippen LogP contribution < -0.4 is 4.90 Å². The molecule has 1 aliphatic rings. The Kier molecular flexibility index (Phi) is 7.10. The normalized spacial score (nSPS) is 13.9. The Labute approximate surface area is 195 Å². The lowest BCUT2D eigenvalue weighted by Gasteiger charge is -2.35. The largest absolute Gasteiger partial charge is 0.384 e. The van der Waals surface area contributed by atoms with Crippen molar-refractivity contribution in [2.24, 2.45) is 0 Å². The number of aromatic nitrogens is 3. The number of carbonyl (C=O) groups excluding carboxylic acids is 1. The van der Waals surface area contributed by atoms with E-state index in [0.717, 1.165) is 6.07 Å². The molecule has 2 aromatic heterocycles. The smallest absolute Gasteiger partial charge is 0.225 e. The van der Waals surface area contributed by atoms with Gasteiger partial charge in [-0.25, -0.2) is 18.7 Å². The van der Waals surface area contributed by atoms with E-state index in [0.29, 0.717) is 61.3 Å².